The van der Waals surface area contributed by atoms with E-state index in [9.17, 15) is 4.79 Å². The van der Waals surface area contributed by atoms with E-state index in [2.05, 4.69) is 36.2 Å². The highest BCUT2D eigenvalue weighted by atomic mass is 28.3. The van der Waals surface area contributed by atoms with Gasteiger partial charge in [-0.3, -0.25) is 4.90 Å². The Hall–Kier alpha value is -1.73. The highest BCUT2D eigenvalue weighted by Gasteiger charge is 2.26. The van der Waals surface area contributed by atoms with E-state index in [-0.39, 0.29) is 6.73 Å². The highest BCUT2D eigenvalue weighted by Crippen LogP contribution is 2.25. The Morgan fingerprint density at radius 2 is 1.96 bits per heavy atom. The summed E-state index contributed by atoms with van der Waals surface area (Å²) in [6.07, 6.45) is 2.54. The van der Waals surface area contributed by atoms with Crippen molar-refractivity contribution in [3.63, 3.8) is 0 Å². The van der Waals surface area contributed by atoms with Gasteiger partial charge in [-0.25, -0.2) is 14.8 Å². The molecule has 1 amide bonds. The summed E-state index contributed by atoms with van der Waals surface area (Å²) >= 11 is 0. The number of hydrogen-bond donors (Lipinski definition) is 0. The first-order chi connectivity index (χ1) is 11.4. The van der Waals surface area contributed by atoms with Gasteiger partial charge in [-0.1, -0.05) is 26.2 Å². The number of nitrogens with zero attached hydrogens (tertiary/aromatic N) is 3. The lowest BCUT2D eigenvalue weighted by molar-refractivity contribution is 0.0499. The van der Waals surface area contributed by atoms with Crippen LogP contribution >= 0.6 is 0 Å². The monoisotopic (exact) mass is 365 g/mol. The molecule has 25 heavy (non-hydrogen) atoms. The van der Waals surface area contributed by atoms with Crippen molar-refractivity contribution >= 4 is 25.4 Å². The number of anilines is 1. The zero-order chi connectivity index (χ0) is 19.3. The number of ether oxygens (including phenoxy) is 2. The summed E-state index contributed by atoms with van der Waals surface area (Å²) in [5.74, 6) is 0. The third-order valence-electron chi connectivity index (χ3n) is 3.22. The zero-order valence-electron chi connectivity index (χ0n) is 16.5. The molecule has 0 unspecified atom stereocenters. The third kappa shape index (κ3) is 7.79. The van der Waals surface area contributed by atoms with Crippen LogP contribution < -0.4 is 4.90 Å². The maximum Gasteiger partial charge on any atom is 0.416 e. The predicted octanol–water partition coefficient (Wildman–Crippen LogP) is 4.56. The van der Waals surface area contributed by atoms with E-state index in [1.165, 1.54) is 11.2 Å². The molecule has 0 aromatic carbocycles. The Morgan fingerprint density at radius 1 is 1.32 bits per heavy atom. The second-order valence-electron chi connectivity index (χ2n) is 8.29. The van der Waals surface area contributed by atoms with Crippen LogP contribution in [0, 0.1) is 0 Å². The first kappa shape index (κ1) is 21.3. The quantitative estimate of drug-likeness (QED) is 0.402. The lowest BCUT2D eigenvalue weighted by Gasteiger charge is -2.28. The van der Waals surface area contributed by atoms with Gasteiger partial charge in [0.2, 0.25) is 0 Å². The fourth-order valence-corrected chi connectivity index (χ4v) is 2.68. The normalized spacial score (nSPS) is 12.0. The Morgan fingerprint density at radius 3 is 2.48 bits per heavy atom. The summed E-state index contributed by atoms with van der Waals surface area (Å²) in [4.78, 5) is 22.4. The van der Waals surface area contributed by atoms with E-state index in [4.69, 9.17) is 9.47 Å². The average molecular weight is 366 g/mol. The molecule has 0 spiro atoms. The molecule has 1 aromatic heterocycles. The van der Waals surface area contributed by atoms with Crippen LogP contribution in [0.15, 0.2) is 19.1 Å². The molecule has 0 atom stereocenters. The minimum Gasteiger partial charge on any atom is -0.443 e. The third-order valence-corrected chi connectivity index (χ3v) is 4.92. The van der Waals surface area contributed by atoms with Crippen molar-refractivity contribution in [3.05, 3.63) is 24.8 Å². The summed E-state index contributed by atoms with van der Waals surface area (Å²) in [6.45, 7) is 18.8. The topological polar surface area (TPSA) is 64.5 Å². The van der Waals surface area contributed by atoms with E-state index in [0.29, 0.717) is 18.0 Å². The molecular formula is C18H31N3O3Si. The molecule has 1 heterocycles. The molecule has 0 N–H and O–H groups in total. The van der Waals surface area contributed by atoms with Crippen LogP contribution in [0.25, 0.3) is 5.57 Å². The van der Waals surface area contributed by atoms with Gasteiger partial charge in [0.25, 0.3) is 0 Å². The Balaban J connectivity index is 3.00. The van der Waals surface area contributed by atoms with Gasteiger partial charge in [0.1, 0.15) is 18.7 Å². The van der Waals surface area contributed by atoms with Gasteiger partial charge in [-0.15, -0.1) is 0 Å². The molecule has 0 saturated carbocycles. The molecule has 6 nitrogen and oxygen atoms in total. The fourth-order valence-electron chi connectivity index (χ4n) is 1.92. The number of rotatable bonds is 7. The van der Waals surface area contributed by atoms with Crippen LogP contribution in [-0.4, -0.2) is 43.1 Å². The van der Waals surface area contributed by atoms with E-state index >= 15 is 0 Å². The summed E-state index contributed by atoms with van der Waals surface area (Å²) in [6, 6.07) is 1.02. The van der Waals surface area contributed by atoms with Crippen LogP contribution in [-0.2, 0) is 9.47 Å². The number of hydrogen-bond acceptors (Lipinski definition) is 5. The van der Waals surface area contributed by atoms with Gasteiger partial charge >= 0.3 is 6.09 Å². The highest BCUT2D eigenvalue weighted by molar-refractivity contribution is 6.76. The van der Waals surface area contributed by atoms with Gasteiger partial charge in [0.05, 0.1) is 17.6 Å². The maximum atomic E-state index is 12.7. The number of allylic oxidation sites excluding steroid dienone is 1. The molecule has 1 aromatic rings. The molecule has 0 fully saturated rings. The van der Waals surface area contributed by atoms with E-state index in [0.717, 1.165) is 11.6 Å². The lowest BCUT2D eigenvalue weighted by atomic mass is 10.2. The second kappa shape index (κ2) is 8.58. The number of amides is 1. The standard InChI is InChI=1S/C18H31N3O3Si/c1-14(2)16-15(11-19-12-20-16)21(17(22)24-18(3,4)5)13-23-9-10-25(6,7)8/h11-12H,1,9-10,13H2,2-8H3. The van der Waals surface area contributed by atoms with Crippen LogP contribution in [0.3, 0.4) is 0 Å². The van der Waals surface area contributed by atoms with Crippen LogP contribution in [0.1, 0.15) is 33.4 Å². The fraction of sp³-hybridized carbons (Fsp3) is 0.611. The van der Waals surface area contributed by atoms with E-state index in [1.807, 2.05) is 27.7 Å². The van der Waals surface area contributed by atoms with E-state index < -0.39 is 19.8 Å². The van der Waals surface area contributed by atoms with Crippen molar-refractivity contribution in [2.45, 2.75) is 59.0 Å². The van der Waals surface area contributed by atoms with Crippen molar-refractivity contribution < 1.29 is 14.3 Å². The number of carbonyl (C=O) groups excluding carboxylic acids is 1. The van der Waals surface area contributed by atoms with E-state index in [1.54, 1.807) is 6.20 Å². The maximum absolute atomic E-state index is 12.7. The lowest BCUT2D eigenvalue weighted by Crippen LogP contribution is -2.39. The molecule has 0 saturated heterocycles. The average Bonchev–Trinajstić information content (AvgIpc) is 2.44. The van der Waals surface area contributed by atoms with Crippen molar-refractivity contribution in [2.75, 3.05) is 18.2 Å². The molecule has 7 heteroatoms. The molecule has 0 bridgehead atoms. The zero-order valence-corrected chi connectivity index (χ0v) is 17.5. The smallest absolute Gasteiger partial charge is 0.416 e. The summed E-state index contributed by atoms with van der Waals surface area (Å²) in [7, 11) is -1.20. The summed E-state index contributed by atoms with van der Waals surface area (Å²) < 4.78 is 11.3. The largest absolute Gasteiger partial charge is 0.443 e. The van der Waals surface area contributed by atoms with Crippen LogP contribution in [0.4, 0.5) is 10.5 Å². The first-order valence-electron chi connectivity index (χ1n) is 8.45. The van der Waals surface area contributed by atoms with Gasteiger partial charge in [0.15, 0.2) is 0 Å². The second-order valence-corrected chi connectivity index (χ2v) is 13.9. The van der Waals surface area contributed by atoms with Crippen molar-refractivity contribution in [3.8, 4) is 0 Å². The van der Waals surface area contributed by atoms with Gasteiger partial charge in [-0.2, -0.15) is 0 Å². The summed E-state index contributed by atoms with van der Waals surface area (Å²) in [5, 5.41) is 0. The molecule has 0 aliphatic heterocycles. The SMILES string of the molecule is C=C(C)c1ncncc1N(COCC[Si](C)(C)C)C(=O)OC(C)(C)C. The van der Waals surface area contributed by atoms with Crippen molar-refractivity contribution in [2.24, 2.45) is 0 Å². The molecule has 1 rings (SSSR count). The Kier molecular flexibility index (Phi) is 7.31. The summed E-state index contributed by atoms with van der Waals surface area (Å²) in [5.41, 5.74) is 1.28. The van der Waals surface area contributed by atoms with Crippen LogP contribution in [0.2, 0.25) is 25.7 Å². The minimum atomic E-state index is -1.20. The van der Waals surface area contributed by atoms with Gasteiger partial charge in [-0.05, 0) is 39.3 Å². The molecule has 0 aliphatic rings. The number of carbonyl (C=O) groups is 1. The Labute approximate surface area is 152 Å². The van der Waals surface area contributed by atoms with Gasteiger partial charge in [0, 0.05) is 14.7 Å². The molecule has 0 radical (unpaired) electrons. The first-order valence-corrected chi connectivity index (χ1v) is 12.2. The molecular weight excluding hydrogens is 334 g/mol. The molecule has 0 aliphatic carbocycles. The van der Waals surface area contributed by atoms with Crippen molar-refractivity contribution in [1.82, 2.24) is 9.97 Å². The van der Waals surface area contributed by atoms with Crippen LogP contribution in [0.5, 0.6) is 0 Å². The predicted molar refractivity (Wildman–Crippen MR) is 104 cm³/mol. The molecule has 140 valence electrons. The van der Waals surface area contributed by atoms with Crippen molar-refractivity contribution in [1.29, 1.82) is 0 Å². The minimum absolute atomic E-state index is 0.0903. The number of aromatic nitrogens is 2. The van der Waals surface area contributed by atoms with Gasteiger partial charge < -0.3 is 9.47 Å². The Bertz CT molecular complexity index is 606.